The first-order valence-corrected chi connectivity index (χ1v) is 7.96. The van der Waals surface area contributed by atoms with E-state index in [9.17, 15) is 0 Å². The lowest BCUT2D eigenvalue weighted by Gasteiger charge is -2.24. The van der Waals surface area contributed by atoms with E-state index >= 15 is 0 Å². The third-order valence-electron chi connectivity index (χ3n) is 4.91. The second kappa shape index (κ2) is 6.39. The molecule has 2 fully saturated rings. The summed E-state index contributed by atoms with van der Waals surface area (Å²) in [6.07, 6.45) is 6.49. The van der Waals surface area contributed by atoms with E-state index in [1.54, 1.807) is 0 Å². The Kier molecular flexibility index (Phi) is 4.50. The van der Waals surface area contributed by atoms with Gasteiger partial charge < -0.3 is 9.84 Å². The Morgan fingerprint density at radius 3 is 2.68 bits per heavy atom. The van der Waals surface area contributed by atoms with Crippen LogP contribution in [0.25, 0.3) is 11.4 Å². The van der Waals surface area contributed by atoms with Crippen molar-refractivity contribution in [1.82, 2.24) is 15.5 Å². The minimum atomic E-state index is 0. The number of nitrogens with zero attached hydrogens (tertiary/aromatic N) is 2. The monoisotopic (exact) mass is 319 g/mol. The molecular weight excluding hydrogens is 298 g/mol. The van der Waals surface area contributed by atoms with Crippen molar-refractivity contribution in [2.75, 3.05) is 0 Å². The van der Waals surface area contributed by atoms with Crippen molar-refractivity contribution in [1.29, 1.82) is 0 Å². The van der Waals surface area contributed by atoms with Crippen molar-refractivity contribution in [3.8, 4) is 11.4 Å². The fourth-order valence-corrected chi connectivity index (χ4v) is 3.71. The molecule has 1 N–H and O–H groups in total. The molecule has 22 heavy (non-hydrogen) atoms. The molecule has 118 valence electrons. The maximum atomic E-state index is 5.52. The molecule has 4 rings (SSSR count). The molecule has 2 aromatic rings. The Bertz CT molecular complexity index is 611. The van der Waals surface area contributed by atoms with E-state index < -0.39 is 0 Å². The summed E-state index contributed by atoms with van der Waals surface area (Å²) in [6, 6.07) is 9.14. The quantitative estimate of drug-likeness (QED) is 0.907. The summed E-state index contributed by atoms with van der Waals surface area (Å²) in [5.74, 6) is 2.24. The summed E-state index contributed by atoms with van der Waals surface area (Å²) in [4.78, 5) is 4.61. The molecule has 1 aromatic heterocycles. The Morgan fingerprint density at radius 1 is 1.14 bits per heavy atom. The summed E-state index contributed by atoms with van der Waals surface area (Å²) < 4.78 is 5.52. The number of rotatable bonds is 2. The zero-order chi connectivity index (χ0) is 14.2. The van der Waals surface area contributed by atoms with Crippen molar-refractivity contribution < 1.29 is 4.52 Å². The Hall–Kier alpha value is -1.39. The fourth-order valence-electron chi connectivity index (χ4n) is 3.71. The summed E-state index contributed by atoms with van der Waals surface area (Å²) in [5, 5.41) is 7.84. The molecule has 0 spiro atoms. The first-order chi connectivity index (χ1) is 10.3. The lowest BCUT2D eigenvalue weighted by Crippen LogP contribution is -2.30. The van der Waals surface area contributed by atoms with Crippen molar-refractivity contribution in [2.24, 2.45) is 5.92 Å². The van der Waals surface area contributed by atoms with Gasteiger partial charge in [0.25, 0.3) is 0 Å². The van der Waals surface area contributed by atoms with Gasteiger partial charge in [0.2, 0.25) is 11.7 Å². The van der Waals surface area contributed by atoms with E-state index in [2.05, 4.69) is 34.5 Å². The Labute approximate surface area is 137 Å². The number of aryl methyl sites for hydroxylation is 1. The van der Waals surface area contributed by atoms with Crippen LogP contribution in [0.2, 0.25) is 0 Å². The smallest absolute Gasteiger partial charge is 0.244 e. The molecule has 0 radical (unpaired) electrons. The molecule has 1 aliphatic heterocycles. The van der Waals surface area contributed by atoms with Gasteiger partial charge in [-0.15, -0.1) is 12.4 Å². The topological polar surface area (TPSA) is 51.0 Å². The third-order valence-corrected chi connectivity index (χ3v) is 4.91. The van der Waals surface area contributed by atoms with Crippen LogP contribution in [-0.4, -0.2) is 16.2 Å². The van der Waals surface area contributed by atoms with Gasteiger partial charge in [0.1, 0.15) is 0 Å². The molecule has 0 bridgehead atoms. The van der Waals surface area contributed by atoms with Gasteiger partial charge in [-0.2, -0.15) is 4.98 Å². The van der Waals surface area contributed by atoms with E-state index in [1.165, 1.54) is 31.2 Å². The van der Waals surface area contributed by atoms with Gasteiger partial charge in [-0.3, -0.25) is 0 Å². The van der Waals surface area contributed by atoms with Gasteiger partial charge in [0.05, 0.1) is 6.04 Å². The normalized spacial score (nSPS) is 27.2. The van der Waals surface area contributed by atoms with Gasteiger partial charge in [-0.05, 0) is 32.1 Å². The van der Waals surface area contributed by atoms with Crippen LogP contribution in [0.3, 0.4) is 0 Å². The number of hydrogen-bond donors (Lipinski definition) is 1. The predicted molar refractivity (Wildman–Crippen MR) is 88.0 cm³/mol. The molecular formula is C17H22ClN3O. The minimum Gasteiger partial charge on any atom is -0.337 e. The van der Waals surface area contributed by atoms with E-state index in [0.717, 1.165) is 23.8 Å². The van der Waals surface area contributed by atoms with Gasteiger partial charge >= 0.3 is 0 Å². The summed E-state index contributed by atoms with van der Waals surface area (Å²) in [7, 11) is 0. The Balaban J connectivity index is 0.00000144. The van der Waals surface area contributed by atoms with E-state index in [1.807, 2.05) is 12.1 Å². The van der Waals surface area contributed by atoms with Crippen LogP contribution >= 0.6 is 12.4 Å². The maximum Gasteiger partial charge on any atom is 0.244 e. The van der Waals surface area contributed by atoms with Gasteiger partial charge in [0.15, 0.2) is 0 Å². The van der Waals surface area contributed by atoms with Gasteiger partial charge in [-0.1, -0.05) is 47.8 Å². The lowest BCUT2D eigenvalue weighted by atomic mass is 9.85. The van der Waals surface area contributed by atoms with E-state index in [0.29, 0.717) is 11.9 Å². The SMILES string of the molecule is Cc1ccc(-c2noc(C3CC4CCCCC4N3)n2)cc1.Cl. The standard InChI is InChI=1S/C17H21N3O.ClH/c1-11-6-8-12(9-7-11)16-19-17(21-20-16)15-10-13-4-2-3-5-14(13)18-15;/h6-9,13-15,18H,2-5,10H2,1H3;1H. The largest absolute Gasteiger partial charge is 0.337 e. The highest BCUT2D eigenvalue weighted by Crippen LogP contribution is 2.38. The number of fused-ring (bicyclic) bond motifs is 1. The fraction of sp³-hybridized carbons (Fsp3) is 0.529. The second-order valence-electron chi connectivity index (χ2n) is 6.43. The highest BCUT2D eigenvalue weighted by molar-refractivity contribution is 5.85. The van der Waals surface area contributed by atoms with Crippen LogP contribution in [0.15, 0.2) is 28.8 Å². The number of hydrogen-bond acceptors (Lipinski definition) is 4. The van der Waals surface area contributed by atoms with Crippen LogP contribution in [0, 0.1) is 12.8 Å². The molecule has 1 saturated heterocycles. The van der Waals surface area contributed by atoms with Crippen molar-refractivity contribution in [3.63, 3.8) is 0 Å². The minimum absolute atomic E-state index is 0. The van der Waals surface area contributed by atoms with Gasteiger partial charge in [0, 0.05) is 11.6 Å². The number of nitrogens with one attached hydrogen (secondary N) is 1. The zero-order valence-corrected chi connectivity index (χ0v) is 13.6. The van der Waals surface area contributed by atoms with Crippen molar-refractivity contribution >= 4 is 12.4 Å². The number of aromatic nitrogens is 2. The maximum absolute atomic E-state index is 5.52. The molecule has 3 atom stereocenters. The van der Waals surface area contributed by atoms with Crippen LogP contribution in [0.1, 0.15) is 49.6 Å². The molecule has 3 unspecified atom stereocenters. The summed E-state index contributed by atoms with van der Waals surface area (Å²) in [5.41, 5.74) is 2.26. The molecule has 2 aliphatic rings. The lowest BCUT2D eigenvalue weighted by molar-refractivity contribution is 0.324. The molecule has 1 aliphatic carbocycles. The first-order valence-electron chi connectivity index (χ1n) is 7.96. The summed E-state index contributed by atoms with van der Waals surface area (Å²) in [6.45, 7) is 2.08. The summed E-state index contributed by atoms with van der Waals surface area (Å²) >= 11 is 0. The average molecular weight is 320 g/mol. The van der Waals surface area contributed by atoms with Crippen molar-refractivity contribution in [3.05, 3.63) is 35.7 Å². The molecule has 0 amide bonds. The molecule has 1 aromatic carbocycles. The predicted octanol–water partition coefficient (Wildman–Crippen LogP) is 4.06. The number of benzene rings is 1. The molecule has 5 heteroatoms. The number of halogens is 1. The molecule has 4 nitrogen and oxygen atoms in total. The van der Waals surface area contributed by atoms with Crippen LogP contribution in [0.4, 0.5) is 0 Å². The van der Waals surface area contributed by atoms with E-state index in [-0.39, 0.29) is 18.4 Å². The molecule has 2 heterocycles. The second-order valence-corrected chi connectivity index (χ2v) is 6.43. The first kappa shape index (κ1) is 15.5. The third kappa shape index (κ3) is 2.90. The van der Waals surface area contributed by atoms with Crippen LogP contribution in [0.5, 0.6) is 0 Å². The van der Waals surface area contributed by atoms with Crippen LogP contribution in [-0.2, 0) is 0 Å². The highest BCUT2D eigenvalue weighted by Gasteiger charge is 2.38. The van der Waals surface area contributed by atoms with Gasteiger partial charge in [-0.25, -0.2) is 0 Å². The van der Waals surface area contributed by atoms with Crippen molar-refractivity contribution in [2.45, 2.75) is 51.1 Å². The zero-order valence-electron chi connectivity index (χ0n) is 12.8. The van der Waals surface area contributed by atoms with Crippen LogP contribution < -0.4 is 5.32 Å². The Morgan fingerprint density at radius 2 is 1.91 bits per heavy atom. The van der Waals surface area contributed by atoms with E-state index in [4.69, 9.17) is 4.52 Å². The molecule has 1 saturated carbocycles. The highest BCUT2D eigenvalue weighted by atomic mass is 35.5. The average Bonchev–Trinajstić information content (AvgIpc) is 3.14.